The van der Waals surface area contributed by atoms with Crippen molar-refractivity contribution in [1.29, 1.82) is 0 Å². The molecule has 1 aliphatic carbocycles. The van der Waals surface area contributed by atoms with Crippen LogP contribution in [0.1, 0.15) is 43.8 Å². The molecule has 1 aromatic rings. The third-order valence-electron chi connectivity index (χ3n) is 4.89. The number of sulfone groups is 1. The third-order valence-corrected chi connectivity index (χ3v) is 6.01. The molecule has 1 unspecified atom stereocenters. The molecule has 1 aliphatic heterocycles. The van der Waals surface area contributed by atoms with Crippen LogP contribution in [0.15, 0.2) is 11.1 Å². The first kappa shape index (κ1) is 16.9. The number of nitrogens with zero attached hydrogens (tertiary/aromatic N) is 2. The van der Waals surface area contributed by atoms with Gasteiger partial charge in [-0.2, -0.15) is 5.10 Å². The van der Waals surface area contributed by atoms with E-state index in [1.165, 1.54) is 18.9 Å². The Kier molecular flexibility index (Phi) is 4.78. The van der Waals surface area contributed by atoms with Crippen LogP contribution >= 0.6 is 0 Å². The number of morpholine rings is 1. The molecule has 0 aromatic carbocycles. The van der Waals surface area contributed by atoms with Crippen LogP contribution in [0.5, 0.6) is 0 Å². The van der Waals surface area contributed by atoms with Crippen LogP contribution in [0.3, 0.4) is 0 Å². The number of ether oxygens (including phenoxy) is 1. The number of H-pyrrole nitrogens is 1. The van der Waals surface area contributed by atoms with Gasteiger partial charge in [-0.15, -0.1) is 0 Å². The topological polar surface area (TPSA) is 95.5 Å². The fourth-order valence-corrected chi connectivity index (χ4v) is 4.48. The first-order chi connectivity index (χ1) is 10.9. The Morgan fingerprint density at radius 2 is 2.17 bits per heavy atom. The van der Waals surface area contributed by atoms with Crippen molar-refractivity contribution in [2.24, 2.45) is 0 Å². The highest BCUT2D eigenvalue weighted by Crippen LogP contribution is 2.33. The predicted octanol–water partition coefficient (Wildman–Crippen LogP) is 0.882. The fourth-order valence-electron chi connectivity index (χ4n) is 3.66. The molecule has 2 N–H and O–H groups in total. The summed E-state index contributed by atoms with van der Waals surface area (Å²) in [4.78, 5) is 2.35. The van der Waals surface area contributed by atoms with E-state index >= 15 is 0 Å². The molecule has 1 aromatic heterocycles. The second-order valence-electron chi connectivity index (χ2n) is 6.77. The minimum Gasteiger partial charge on any atom is -0.389 e. The lowest BCUT2D eigenvalue weighted by Crippen LogP contribution is -2.50. The number of rotatable bonds is 4. The molecule has 0 bridgehead atoms. The molecule has 23 heavy (non-hydrogen) atoms. The van der Waals surface area contributed by atoms with Gasteiger partial charge in [0.2, 0.25) is 0 Å². The summed E-state index contributed by atoms with van der Waals surface area (Å²) in [5.41, 5.74) is -0.120. The number of aromatic nitrogens is 2. The van der Waals surface area contributed by atoms with E-state index < -0.39 is 15.4 Å². The molecular formula is C15H25N3O4S. The Morgan fingerprint density at radius 3 is 2.87 bits per heavy atom. The zero-order valence-electron chi connectivity index (χ0n) is 13.5. The highest BCUT2D eigenvalue weighted by atomic mass is 32.2. The lowest BCUT2D eigenvalue weighted by molar-refractivity contribution is -0.0758. The summed E-state index contributed by atoms with van der Waals surface area (Å²) >= 11 is 0. The molecule has 2 aliphatic rings. The normalized spacial score (nSPS) is 26.3. The van der Waals surface area contributed by atoms with Crippen LogP contribution in [-0.4, -0.2) is 66.8 Å². The second kappa shape index (κ2) is 6.51. The summed E-state index contributed by atoms with van der Waals surface area (Å²) < 4.78 is 29.5. The fraction of sp³-hybridized carbons (Fsp3) is 0.800. The molecule has 7 nitrogen and oxygen atoms in total. The van der Waals surface area contributed by atoms with Crippen molar-refractivity contribution < 1.29 is 18.3 Å². The highest BCUT2D eigenvalue weighted by Gasteiger charge is 2.37. The van der Waals surface area contributed by atoms with Crippen LogP contribution in [0.4, 0.5) is 0 Å². The summed E-state index contributed by atoms with van der Waals surface area (Å²) in [7, 11) is -3.35. The van der Waals surface area contributed by atoms with Crippen molar-refractivity contribution in [2.45, 2.75) is 48.6 Å². The van der Waals surface area contributed by atoms with Crippen molar-refractivity contribution in [3.05, 3.63) is 11.9 Å². The van der Waals surface area contributed by atoms with Gasteiger partial charge < -0.3 is 9.84 Å². The molecular weight excluding hydrogens is 318 g/mol. The largest absolute Gasteiger partial charge is 0.389 e. The lowest BCUT2D eigenvalue weighted by atomic mass is 9.84. The Hall–Kier alpha value is -0.960. The van der Waals surface area contributed by atoms with E-state index in [0.717, 1.165) is 25.7 Å². The van der Waals surface area contributed by atoms with Crippen molar-refractivity contribution in [3.8, 4) is 0 Å². The number of β-amino-alcohol motifs (C(OH)–C–C–N with tert-alkyl or cyclic N) is 1. The van der Waals surface area contributed by atoms with Gasteiger partial charge in [-0.05, 0) is 12.8 Å². The van der Waals surface area contributed by atoms with Gasteiger partial charge in [0, 0.05) is 19.3 Å². The Labute approximate surface area is 136 Å². The number of hydrogen-bond acceptors (Lipinski definition) is 6. The SMILES string of the molecule is CS(=O)(=O)c1cn[nH]c1C1COCCN1CC1(O)CCCCC1. The van der Waals surface area contributed by atoms with Crippen molar-refractivity contribution >= 4 is 9.84 Å². The number of hydrogen-bond donors (Lipinski definition) is 2. The highest BCUT2D eigenvalue weighted by molar-refractivity contribution is 7.90. The van der Waals surface area contributed by atoms with Gasteiger partial charge in [-0.1, -0.05) is 19.3 Å². The smallest absolute Gasteiger partial charge is 0.178 e. The maximum Gasteiger partial charge on any atom is 0.178 e. The molecule has 2 heterocycles. The average Bonchev–Trinajstić information content (AvgIpc) is 2.97. The minimum atomic E-state index is -3.35. The Morgan fingerprint density at radius 1 is 1.43 bits per heavy atom. The monoisotopic (exact) mass is 343 g/mol. The van der Waals surface area contributed by atoms with E-state index in [9.17, 15) is 13.5 Å². The van der Waals surface area contributed by atoms with Crippen LogP contribution in [0.2, 0.25) is 0 Å². The van der Waals surface area contributed by atoms with Crippen LogP contribution in [0.25, 0.3) is 0 Å². The molecule has 0 radical (unpaired) electrons. The molecule has 3 rings (SSSR count). The van der Waals surface area contributed by atoms with Crippen molar-refractivity contribution in [3.63, 3.8) is 0 Å². The van der Waals surface area contributed by atoms with Gasteiger partial charge >= 0.3 is 0 Å². The van der Waals surface area contributed by atoms with E-state index in [2.05, 4.69) is 15.1 Å². The van der Waals surface area contributed by atoms with Crippen LogP contribution in [0, 0.1) is 0 Å². The van der Waals surface area contributed by atoms with E-state index in [0.29, 0.717) is 32.0 Å². The van der Waals surface area contributed by atoms with E-state index in [1.54, 1.807) is 0 Å². The van der Waals surface area contributed by atoms with Crippen molar-refractivity contribution in [1.82, 2.24) is 15.1 Å². The van der Waals surface area contributed by atoms with Gasteiger partial charge in [-0.3, -0.25) is 10.00 Å². The van der Waals surface area contributed by atoms with Gasteiger partial charge in [-0.25, -0.2) is 8.42 Å². The van der Waals surface area contributed by atoms with E-state index in [1.807, 2.05) is 0 Å². The van der Waals surface area contributed by atoms with Gasteiger partial charge in [0.05, 0.1) is 36.7 Å². The van der Waals surface area contributed by atoms with E-state index in [4.69, 9.17) is 4.74 Å². The molecule has 0 spiro atoms. The standard InChI is InChI=1S/C15H25N3O4S/c1-23(20,21)13-9-16-17-14(13)12-10-22-8-7-18(12)11-15(19)5-3-2-4-6-15/h9,12,19H,2-8,10-11H2,1H3,(H,16,17). The van der Waals surface area contributed by atoms with E-state index in [-0.39, 0.29) is 10.9 Å². The molecule has 8 heteroatoms. The van der Waals surface area contributed by atoms with Crippen LogP contribution in [-0.2, 0) is 14.6 Å². The minimum absolute atomic E-state index is 0.216. The van der Waals surface area contributed by atoms with Crippen LogP contribution < -0.4 is 0 Å². The third kappa shape index (κ3) is 3.76. The average molecular weight is 343 g/mol. The molecule has 1 saturated carbocycles. The first-order valence-corrected chi connectivity index (χ1v) is 10.1. The molecule has 130 valence electrons. The summed E-state index contributed by atoms with van der Waals surface area (Å²) in [5.74, 6) is 0. The lowest BCUT2D eigenvalue weighted by Gasteiger charge is -2.42. The Balaban J connectivity index is 1.83. The van der Waals surface area contributed by atoms with Gasteiger partial charge in [0.1, 0.15) is 4.90 Å². The molecule has 2 fully saturated rings. The maximum absolute atomic E-state index is 11.9. The number of aromatic amines is 1. The summed E-state index contributed by atoms with van der Waals surface area (Å²) in [6.07, 6.45) is 7.41. The number of aliphatic hydroxyl groups is 1. The quantitative estimate of drug-likeness (QED) is 0.843. The molecule has 1 atom stereocenters. The number of nitrogens with one attached hydrogen (secondary N) is 1. The first-order valence-electron chi connectivity index (χ1n) is 8.17. The molecule has 1 saturated heterocycles. The predicted molar refractivity (Wildman–Crippen MR) is 84.9 cm³/mol. The summed E-state index contributed by atoms with van der Waals surface area (Å²) in [5, 5.41) is 17.6. The molecule has 0 amide bonds. The zero-order valence-corrected chi connectivity index (χ0v) is 14.3. The summed E-state index contributed by atoms with van der Waals surface area (Å²) in [6.45, 7) is 2.22. The van der Waals surface area contributed by atoms with Gasteiger partial charge in [0.25, 0.3) is 0 Å². The van der Waals surface area contributed by atoms with Gasteiger partial charge in [0.15, 0.2) is 9.84 Å². The Bertz CT molecular complexity index is 637. The summed E-state index contributed by atoms with van der Waals surface area (Å²) in [6, 6.07) is -0.220. The zero-order chi connectivity index (χ0) is 16.5. The second-order valence-corrected chi connectivity index (χ2v) is 8.75. The maximum atomic E-state index is 11.9. The van der Waals surface area contributed by atoms with Crippen molar-refractivity contribution in [2.75, 3.05) is 32.6 Å².